The Morgan fingerprint density at radius 3 is 2.03 bits per heavy atom. The molecule has 0 aliphatic heterocycles. The fourth-order valence-corrected chi connectivity index (χ4v) is 3.98. The monoisotopic (exact) mass is 451 g/mol. The molecule has 0 aliphatic carbocycles. The van der Waals surface area contributed by atoms with Crippen molar-refractivity contribution in [2.45, 2.75) is 24.3 Å². The van der Waals surface area contributed by atoms with Crippen LogP contribution in [0.1, 0.15) is 33.2 Å². The molecule has 0 saturated heterocycles. The number of hydrogen-bond acceptors (Lipinski definition) is 5. The molecule has 0 unspecified atom stereocenters. The standard InChI is InChI=1S/C25H25NO5S/c1-17(28)19-10-12-21(13-11-19)20-8-6-18(7-9-20)14-23(16-27)26-25(29)22-4-3-5-24(15-22)32(2,30)31/h3-13,15,23,27H,14,16H2,1-2H3,(H,26,29)/t23-/m0/s1. The fraction of sp³-hybridized carbons (Fsp3) is 0.200. The maximum Gasteiger partial charge on any atom is 0.251 e. The Morgan fingerprint density at radius 2 is 1.50 bits per heavy atom. The fourth-order valence-electron chi connectivity index (χ4n) is 3.31. The van der Waals surface area contributed by atoms with Gasteiger partial charge in [-0.15, -0.1) is 0 Å². The van der Waals surface area contributed by atoms with E-state index in [-0.39, 0.29) is 22.8 Å². The number of carbonyl (C=O) groups is 2. The molecule has 3 rings (SSSR count). The van der Waals surface area contributed by atoms with Crippen LogP contribution < -0.4 is 5.32 Å². The summed E-state index contributed by atoms with van der Waals surface area (Å²) in [4.78, 5) is 24.0. The minimum atomic E-state index is -3.42. The maximum atomic E-state index is 12.6. The Hall–Kier alpha value is -3.29. The van der Waals surface area contributed by atoms with E-state index in [4.69, 9.17) is 0 Å². The number of Topliss-reactive ketones (excluding diaryl/α,β-unsaturated/α-hetero) is 1. The number of benzene rings is 3. The van der Waals surface area contributed by atoms with Crippen molar-refractivity contribution in [3.8, 4) is 11.1 Å². The highest BCUT2D eigenvalue weighted by molar-refractivity contribution is 7.90. The van der Waals surface area contributed by atoms with Crippen molar-refractivity contribution in [3.63, 3.8) is 0 Å². The molecule has 3 aromatic carbocycles. The Balaban J connectivity index is 1.68. The molecule has 0 radical (unpaired) electrons. The highest BCUT2D eigenvalue weighted by Gasteiger charge is 2.16. The van der Waals surface area contributed by atoms with Crippen LogP contribution in [0, 0.1) is 0 Å². The molecule has 32 heavy (non-hydrogen) atoms. The summed E-state index contributed by atoms with van der Waals surface area (Å²) in [5.74, 6) is -0.427. The van der Waals surface area contributed by atoms with Gasteiger partial charge in [0.2, 0.25) is 0 Å². The largest absolute Gasteiger partial charge is 0.394 e. The van der Waals surface area contributed by atoms with Gasteiger partial charge in [0.25, 0.3) is 5.91 Å². The number of ketones is 1. The van der Waals surface area contributed by atoms with Crippen molar-refractivity contribution < 1.29 is 23.1 Å². The predicted octanol–water partition coefficient (Wildman–Crippen LogP) is 3.29. The predicted molar refractivity (Wildman–Crippen MR) is 123 cm³/mol. The maximum absolute atomic E-state index is 12.6. The molecule has 0 fully saturated rings. The second-order valence-electron chi connectivity index (χ2n) is 7.69. The third kappa shape index (κ3) is 5.90. The van der Waals surface area contributed by atoms with Gasteiger partial charge in [-0.2, -0.15) is 0 Å². The van der Waals surface area contributed by atoms with Crippen molar-refractivity contribution in [1.82, 2.24) is 5.32 Å². The molecule has 166 valence electrons. The van der Waals surface area contributed by atoms with Gasteiger partial charge < -0.3 is 10.4 Å². The molecule has 0 saturated carbocycles. The van der Waals surface area contributed by atoms with Gasteiger partial charge in [-0.25, -0.2) is 8.42 Å². The van der Waals surface area contributed by atoms with Crippen molar-refractivity contribution in [2.24, 2.45) is 0 Å². The molecule has 0 spiro atoms. The van der Waals surface area contributed by atoms with Gasteiger partial charge in [0.15, 0.2) is 15.6 Å². The number of nitrogens with one attached hydrogen (secondary N) is 1. The quantitative estimate of drug-likeness (QED) is 0.512. The van der Waals surface area contributed by atoms with Crippen LogP contribution in [0.3, 0.4) is 0 Å². The number of sulfone groups is 1. The molecule has 3 aromatic rings. The van der Waals surface area contributed by atoms with Crippen LogP contribution in [-0.4, -0.2) is 44.1 Å². The summed E-state index contributed by atoms with van der Waals surface area (Å²) in [5.41, 5.74) is 3.79. The Labute approximate surface area is 187 Å². The highest BCUT2D eigenvalue weighted by atomic mass is 32.2. The average Bonchev–Trinajstić information content (AvgIpc) is 2.78. The summed E-state index contributed by atoms with van der Waals surface area (Å²) < 4.78 is 23.4. The number of hydrogen-bond donors (Lipinski definition) is 2. The van der Waals surface area contributed by atoms with Gasteiger partial charge in [0.05, 0.1) is 17.5 Å². The first-order chi connectivity index (χ1) is 15.2. The van der Waals surface area contributed by atoms with Gasteiger partial charge in [0.1, 0.15) is 0 Å². The SMILES string of the molecule is CC(=O)c1ccc(-c2ccc(C[C@@H](CO)NC(=O)c3cccc(S(C)(=O)=O)c3)cc2)cc1. The molecule has 1 atom stereocenters. The molecular weight excluding hydrogens is 426 g/mol. The molecule has 7 heteroatoms. The van der Waals surface area contributed by atoms with Gasteiger partial charge >= 0.3 is 0 Å². The van der Waals surface area contributed by atoms with Crippen LogP contribution in [0.15, 0.2) is 77.7 Å². The van der Waals surface area contributed by atoms with Crippen LogP contribution in [0.25, 0.3) is 11.1 Å². The van der Waals surface area contributed by atoms with Gasteiger partial charge in [-0.1, -0.05) is 54.6 Å². The van der Waals surface area contributed by atoms with Crippen LogP contribution in [0.2, 0.25) is 0 Å². The summed E-state index contributed by atoms with van der Waals surface area (Å²) in [6, 6.07) is 20.4. The van der Waals surface area contributed by atoms with E-state index in [2.05, 4.69) is 5.32 Å². The van der Waals surface area contributed by atoms with E-state index >= 15 is 0 Å². The number of carbonyl (C=O) groups excluding carboxylic acids is 2. The number of rotatable bonds is 8. The Morgan fingerprint density at radius 1 is 0.906 bits per heavy atom. The third-order valence-electron chi connectivity index (χ3n) is 5.14. The van der Waals surface area contributed by atoms with E-state index in [0.717, 1.165) is 22.9 Å². The van der Waals surface area contributed by atoms with E-state index < -0.39 is 21.8 Å². The Bertz CT molecular complexity index is 1220. The summed E-state index contributed by atoms with van der Waals surface area (Å²) in [5, 5.41) is 12.5. The lowest BCUT2D eigenvalue weighted by Gasteiger charge is -2.17. The van der Waals surface area contributed by atoms with E-state index in [0.29, 0.717) is 12.0 Å². The summed E-state index contributed by atoms with van der Waals surface area (Å²) in [6.07, 6.45) is 1.50. The van der Waals surface area contributed by atoms with Crippen molar-refractivity contribution >= 4 is 21.5 Å². The number of aliphatic hydroxyl groups excluding tert-OH is 1. The topological polar surface area (TPSA) is 101 Å². The van der Waals surface area contributed by atoms with Gasteiger partial charge in [-0.3, -0.25) is 9.59 Å². The zero-order valence-electron chi connectivity index (χ0n) is 17.9. The molecule has 2 N–H and O–H groups in total. The zero-order chi connectivity index (χ0) is 23.3. The van der Waals surface area contributed by atoms with Gasteiger partial charge in [0, 0.05) is 17.4 Å². The highest BCUT2D eigenvalue weighted by Crippen LogP contribution is 2.21. The molecule has 1 amide bonds. The molecular formula is C25H25NO5S. The second-order valence-corrected chi connectivity index (χ2v) is 9.70. The third-order valence-corrected chi connectivity index (χ3v) is 6.25. The van der Waals surface area contributed by atoms with Gasteiger partial charge in [-0.05, 0) is 48.2 Å². The number of aliphatic hydroxyl groups is 1. The second kappa shape index (κ2) is 9.89. The van der Waals surface area contributed by atoms with Crippen LogP contribution in [-0.2, 0) is 16.3 Å². The van der Waals surface area contributed by atoms with Crippen LogP contribution >= 0.6 is 0 Å². The summed E-state index contributed by atoms with van der Waals surface area (Å²) in [7, 11) is -3.42. The Kier molecular flexibility index (Phi) is 7.22. The van der Waals surface area contributed by atoms with Crippen molar-refractivity contribution in [3.05, 3.63) is 89.5 Å². The molecule has 0 aromatic heterocycles. The van der Waals surface area contributed by atoms with Crippen LogP contribution in [0.4, 0.5) is 0 Å². The molecule has 0 aliphatic rings. The lowest BCUT2D eigenvalue weighted by atomic mass is 9.99. The summed E-state index contributed by atoms with van der Waals surface area (Å²) >= 11 is 0. The molecule has 0 heterocycles. The first-order valence-corrected chi connectivity index (χ1v) is 12.0. The van der Waals surface area contributed by atoms with Crippen molar-refractivity contribution in [1.29, 1.82) is 0 Å². The zero-order valence-corrected chi connectivity index (χ0v) is 18.7. The van der Waals surface area contributed by atoms with E-state index in [1.54, 1.807) is 12.1 Å². The van der Waals surface area contributed by atoms with Crippen LogP contribution in [0.5, 0.6) is 0 Å². The first-order valence-electron chi connectivity index (χ1n) is 10.1. The minimum absolute atomic E-state index is 0.0204. The van der Waals surface area contributed by atoms with E-state index in [1.807, 2.05) is 36.4 Å². The number of amides is 1. The smallest absolute Gasteiger partial charge is 0.251 e. The normalized spacial score (nSPS) is 12.2. The molecule has 6 nitrogen and oxygen atoms in total. The average molecular weight is 452 g/mol. The van der Waals surface area contributed by atoms with Crippen molar-refractivity contribution in [2.75, 3.05) is 12.9 Å². The molecule has 0 bridgehead atoms. The lowest BCUT2D eigenvalue weighted by molar-refractivity contribution is 0.0915. The van der Waals surface area contributed by atoms with E-state index in [1.165, 1.54) is 31.2 Å². The lowest BCUT2D eigenvalue weighted by Crippen LogP contribution is -2.39. The minimum Gasteiger partial charge on any atom is -0.394 e. The first kappa shape index (κ1) is 23.4. The summed E-state index contributed by atoms with van der Waals surface area (Å²) in [6.45, 7) is 1.27. The van der Waals surface area contributed by atoms with E-state index in [9.17, 15) is 23.1 Å².